The molecule has 0 fully saturated rings. The molecule has 1 aromatic rings. The van der Waals surface area contributed by atoms with E-state index in [4.69, 9.17) is 0 Å². The molecule has 4 heteroatoms. The summed E-state index contributed by atoms with van der Waals surface area (Å²) in [6.45, 7) is 3.77. The summed E-state index contributed by atoms with van der Waals surface area (Å²) >= 11 is 0. The van der Waals surface area contributed by atoms with Gasteiger partial charge in [-0.1, -0.05) is 32.3 Å². The number of unbranched alkanes of at least 4 members (excludes halogenated alkanes) is 3. The van der Waals surface area contributed by atoms with E-state index in [1.54, 1.807) is 12.1 Å². The van der Waals surface area contributed by atoms with Crippen LogP contribution in [0.15, 0.2) is 18.2 Å². The van der Waals surface area contributed by atoms with E-state index in [0.717, 1.165) is 24.0 Å². The summed E-state index contributed by atoms with van der Waals surface area (Å²) in [5.41, 5.74) is 2.05. The van der Waals surface area contributed by atoms with Crippen molar-refractivity contribution in [2.75, 3.05) is 0 Å². The lowest BCUT2D eigenvalue weighted by Gasteiger charge is -2.19. The summed E-state index contributed by atoms with van der Waals surface area (Å²) in [7, 11) is 0. The maximum Gasteiger partial charge on any atom is 0.219 e. The molecule has 1 rings (SSSR count). The molecular weight excluding hydrogens is 242 g/mol. The van der Waals surface area contributed by atoms with E-state index >= 15 is 0 Å². The first-order valence-electron chi connectivity index (χ1n) is 6.93. The van der Waals surface area contributed by atoms with Gasteiger partial charge in [-0.2, -0.15) is 0 Å². The number of hydrogen-bond acceptors (Lipinski definition) is 4. The number of aromatic hydroxyl groups is 1. The number of rotatable bonds is 8. The first-order chi connectivity index (χ1) is 8.92. The lowest BCUT2D eigenvalue weighted by atomic mass is 10.0. The molecule has 4 nitrogen and oxygen atoms in total. The monoisotopic (exact) mass is 267 g/mol. The Morgan fingerprint density at radius 1 is 1.11 bits per heavy atom. The highest BCUT2D eigenvalue weighted by molar-refractivity contribution is 5.35. The standard InChI is InChI=1S/C15H25NO3/c1-3-4-5-6-7-12-8-9-14(17)10-13(12)11-16-15(2,18)19/h8-10,16-19H,3-7,11H2,1-2H3. The fraction of sp³-hybridized carbons (Fsp3) is 0.600. The third-order valence-corrected chi connectivity index (χ3v) is 3.10. The molecule has 0 aromatic heterocycles. The van der Waals surface area contributed by atoms with Gasteiger partial charge in [-0.25, -0.2) is 0 Å². The fourth-order valence-electron chi connectivity index (χ4n) is 2.03. The van der Waals surface area contributed by atoms with E-state index in [1.165, 1.54) is 26.2 Å². The third kappa shape index (κ3) is 6.57. The average Bonchev–Trinajstić information content (AvgIpc) is 2.33. The highest BCUT2D eigenvalue weighted by atomic mass is 16.5. The van der Waals surface area contributed by atoms with Crippen LogP contribution in [0.2, 0.25) is 0 Å². The smallest absolute Gasteiger partial charge is 0.219 e. The maximum atomic E-state index is 9.52. The number of phenolic OH excluding ortho intramolecular Hbond substituents is 1. The predicted octanol–water partition coefficient (Wildman–Crippen LogP) is 2.26. The van der Waals surface area contributed by atoms with Gasteiger partial charge < -0.3 is 15.3 Å². The van der Waals surface area contributed by atoms with E-state index in [9.17, 15) is 15.3 Å². The first-order valence-corrected chi connectivity index (χ1v) is 6.93. The second kappa shape index (κ2) is 7.48. The lowest BCUT2D eigenvalue weighted by molar-refractivity contribution is -0.170. The maximum absolute atomic E-state index is 9.52. The second-order valence-electron chi connectivity index (χ2n) is 5.14. The third-order valence-electron chi connectivity index (χ3n) is 3.10. The Hall–Kier alpha value is -1.10. The number of benzene rings is 1. The Bertz CT molecular complexity index is 385. The molecule has 0 aliphatic rings. The van der Waals surface area contributed by atoms with Gasteiger partial charge in [-0.15, -0.1) is 0 Å². The van der Waals surface area contributed by atoms with Crippen LogP contribution in [-0.4, -0.2) is 21.2 Å². The summed E-state index contributed by atoms with van der Waals surface area (Å²) < 4.78 is 0. The van der Waals surface area contributed by atoms with Gasteiger partial charge in [0.1, 0.15) is 5.75 Å². The summed E-state index contributed by atoms with van der Waals surface area (Å²) in [4.78, 5) is 0. The molecule has 0 aliphatic carbocycles. The van der Waals surface area contributed by atoms with Gasteiger partial charge in [0.15, 0.2) is 0 Å². The molecule has 0 bridgehead atoms. The average molecular weight is 267 g/mol. The van der Waals surface area contributed by atoms with Crippen molar-refractivity contribution in [1.29, 1.82) is 0 Å². The van der Waals surface area contributed by atoms with Crippen LogP contribution in [0, 0.1) is 0 Å². The number of hydrogen-bond donors (Lipinski definition) is 4. The second-order valence-corrected chi connectivity index (χ2v) is 5.14. The van der Waals surface area contributed by atoms with Crippen LogP contribution < -0.4 is 5.32 Å². The van der Waals surface area contributed by atoms with Crippen molar-refractivity contribution < 1.29 is 15.3 Å². The van der Waals surface area contributed by atoms with Crippen molar-refractivity contribution in [3.8, 4) is 5.75 Å². The van der Waals surface area contributed by atoms with Crippen molar-refractivity contribution >= 4 is 0 Å². The highest BCUT2D eigenvalue weighted by Crippen LogP contribution is 2.19. The van der Waals surface area contributed by atoms with Crippen molar-refractivity contribution in [3.05, 3.63) is 29.3 Å². The molecule has 19 heavy (non-hydrogen) atoms. The van der Waals surface area contributed by atoms with Crippen LogP contribution in [0.5, 0.6) is 5.75 Å². The molecule has 0 unspecified atom stereocenters. The van der Waals surface area contributed by atoms with E-state index in [1.807, 2.05) is 6.07 Å². The fourth-order valence-corrected chi connectivity index (χ4v) is 2.03. The van der Waals surface area contributed by atoms with E-state index in [0.29, 0.717) is 6.54 Å². The Labute approximate surface area is 115 Å². The van der Waals surface area contributed by atoms with Crippen molar-refractivity contribution in [1.82, 2.24) is 5.32 Å². The zero-order valence-corrected chi connectivity index (χ0v) is 11.8. The Balaban J connectivity index is 2.63. The molecular formula is C15H25NO3. The van der Waals surface area contributed by atoms with Gasteiger partial charge in [0.2, 0.25) is 5.91 Å². The van der Waals surface area contributed by atoms with Gasteiger partial charge in [0.25, 0.3) is 0 Å². The van der Waals surface area contributed by atoms with Gasteiger partial charge in [0, 0.05) is 13.5 Å². The van der Waals surface area contributed by atoms with Gasteiger partial charge in [-0.3, -0.25) is 5.32 Å². The van der Waals surface area contributed by atoms with Crippen molar-refractivity contribution in [2.45, 2.75) is 58.4 Å². The Morgan fingerprint density at radius 3 is 2.47 bits per heavy atom. The molecule has 0 spiro atoms. The number of nitrogens with one attached hydrogen (secondary N) is 1. The van der Waals surface area contributed by atoms with Gasteiger partial charge >= 0.3 is 0 Å². The minimum absolute atomic E-state index is 0.201. The van der Waals surface area contributed by atoms with E-state index in [2.05, 4.69) is 12.2 Å². The van der Waals surface area contributed by atoms with Crippen LogP contribution in [-0.2, 0) is 13.0 Å². The lowest BCUT2D eigenvalue weighted by Crippen LogP contribution is -2.41. The summed E-state index contributed by atoms with van der Waals surface area (Å²) in [6, 6.07) is 5.26. The zero-order valence-electron chi connectivity index (χ0n) is 11.8. The quantitative estimate of drug-likeness (QED) is 0.430. The van der Waals surface area contributed by atoms with Crippen LogP contribution in [0.25, 0.3) is 0 Å². The minimum Gasteiger partial charge on any atom is -0.508 e. The number of phenols is 1. The number of aliphatic hydroxyl groups is 2. The molecule has 1 aromatic carbocycles. The summed E-state index contributed by atoms with van der Waals surface area (Å²) in [5.74, 6) is -1.70. The Morgan fingerprint density at radius 2 is 1.84 bits per heavy atom. The summed E-state index contributed by atoms with van der Waals surface area (Å²) in [6.07, 6.45) is 5.70. The van der Waals surface area contributed by atoms with Crippen molar-refractivity contribution in [3.63, 3.8) is 0 Å². The topological polar surface area (TPSA) is 72.7 Å². The molecule has 0 atom stereocenters. The van der Waals surface area contributed by atoms with E-state index < -0.39 is 5.91 Å². The van der Waals surface area contributed by atoms with E-state index in [-0.39, 0.29) is 5.75 Å². The largest absolute Gasteiger partial charge is 0.508 e. The normalized spacial score (nSPS) is 11.8. The molecule has 108 valence electrons. The van der Waals surface area contributed by atoms with Crippen molar-refractivity contribution in [2.24, 2.45) is 0 Å². The predicted molar refractivity (Wildman–Crippen MR) is 75.6 cm³/mol. The minimum atomic E-state index is -1.90. The zero-order chi connectivity index (χ0) is 14.3. The molecule has 0 radical (unpaired) electrons. The van der Waals surface area contributed by atoms with Gasteiger partial charge in [-0.05, 0) is 36.1 Å². The SMILES string of the molecule is CCCCCCc1ccc(O)cc1CNC(C)(O)O. The molecule has 0 saturated heterocycles. The summed E-state index contributed by atoms with van der Waals surface area (Å²) in [5, 5.41) is 30.7. The molecule has 0 aliphatic heterocycles. The molecule has 0 amide bonds. The number of aryl methyl sites for hydroxylation is 1. The first kappa shape index (κ1) is 16.0. The van der Waals surface area contributed by atoms with Gasteiger partial charge in [0.05, 0.1) is 0 Å². The van der Waals surface area contributed by atoms with Crippen LogP contribution in [0.1, 0.15) is 50.7 Å². The molecule has 0 saturated carbocycles. The van der Waals surface area contributed by atoms with Crippen LogP contribution in [0.3, 0.4) is 0 Å². The van der Waals surface area contributed by atoms with Crippen LogP contribution in [0.4, 0.5) is 0 Å². The molecule has 4 N–H and O–H groups in total. The van der Waals surface area contributed by atoms with Crippen LogP contribution >= 0.6 is 0 Å². The highest BCUT2D eigenvalue weighted by Gasteiger charge is 2.14. The molecule has 0 heterocycles. The Kier molecular flexibility index (Phi) is 6.28.